The first-order valence-corrected chi connectivity index (χ1v) is 8.87. The number of ether oxygens (including phenoxy) is 1. The monoisotopic (exact) mass is 333 g/mol. The average Bonchev–Trinajstić information content (AvgIpc) is 2.56. The van der Waals surface area contributed by atoms with Crippen LogP contribution in [0.15, 0.2) is 35.9 Å². The van der Waals surface area contributed by atoms with Gasteiger partial charge in [0.15, 0.2) is 0 Å². The van der Waals surface area contributed by atoms with Gasteiger partial charge in [0.2, 0.25) is 0 Å². The molecule has 2 bridgehead atoms. The van der Waals surface area contributed by atoms with Crippen LogP contribution in [0.4, 0.5) is 4.39 Å². The fraction of sp³-hybridized carbons (Fsp3) is 0.600. The van der Waals surface area contributed by atoms with E-state index in [2.05, 4.69) is 25.2 Å². The molecule has 3 unspecified atom stereocenters. The summed E-state index contributed by atoms with van der Waals surface area (Å²) >= 11 is 0. The normalized spacial score (nSPS) is 25.8. The van der Waals surface area contributed by atoms with Crippen molar-refractivity contribution < 1.29 is 14.2 Å². The van der Waals surface area contributed by atoms with Crippen LogP contribution in [0.2, 0.25) is 0 Å². The predicted molar refractivity (Wildman–Crippen MR) is 93.0 cm³/mol. The highest BCUT2D eigenvalue weighted by Crippen LogP contribution is 2.59. The molecule has 1 saturated carbocycles. The quantitative estimate of drug-likeness (QED) is 0.717. The molecule has 24 heavy (non-hydrogen) atoms. The highest BCUT2D eigenvalue weighted by Gasteiger charge is 2.50. The van der Waals surface area contributed by atoms with Gasteiger partial charge >= 0.3 is 0 Å². The van der Waals surface area contributed by atoms with E-state index in [0.29, 0.717) is 43.2 Å². The van der Waals surface area contributed by atoms with Crippen molar-refractivity contribution >= 4 is 0 Å². The standard InChI is InChI=1S/C20H28FNO2/c1-20(2)16-8-7-15(18(20)9-16)12-24-13-17(23)11-22-10-14-5-3-4-6-19(14)21/h3-7,16-18,22-23H,8-13H2,1-2H3. The molecule has 0 aliphatic heterocycles. The van der Waals surface area contributed by atoms with Crippen LogP contribution in [0.5, 0.6) is 0 Å². The molecule has 3 aliphatic carbocycles. The number of benzene rings is 1. The van der Waals surface area contributed by atoms with E-state index in [-0.39, 0.29) is 5.82 Å². The van der Waals surface area contributed by atoms with Gasteiger partial charge in [0.25, 0.3) is 0 Å². The van der Waals surface area contributed by atoms with Gasteiger partial charge in [0.05, 0.1) is 19.3 Å². The number of halogens is 1. The van der Waals surface area contributed by atoms with E-state index in [0.717, 1.165) is 12.3 Å². The summed E-state index contributed by atoms with van der Waals surface area (Å²) in [5.41, 5.74) is 2.42. The average molecular weight is 333 g/mol. The van der Waals surface area contributed by atoms with Crippen molar-refractivity contribution in [2.24, 2.45) is 17.3 Å². The number of hydrogen-bond acceptors (Lipinski definition) is 3. The Morgan fingerprint density at radius 3 is 2.88 bits per heavy atom. The van der Waals surface area contributed by atoms with Gasteiger partial charge in [0, 0.05) is 18.7 Å². The number of rotatable bonds is 8. The molecule has 0 radical (unpaired) electrons. The SMILES string of the molecule is CC1(C)C2CC=C(COCC(O)CNCc3ccccc3F)C1C2. The minimum absolute atomic E-state index is 0.221. The molecule has 4 heteroatoms. The lowest BCUT2D eigenvalue weighted by molar-refractivity contribution is -0.0235. The van der Waals surface area contributed by atoms with Gasteiger partial charge < -0.3 is 15.2 Å². The van der Waals surface area contributed by atoms with Gasteiger partial charge in [-0.2, -0.15) is 0 Å². The van der Waals surface area contributed by atoms with E-state index in [1.165, 1.54) is 18.1 Å². The highest BCUT2D eigenvalue weighted by atomic mass is 19.1. The summed E-state index contributed by atoms with van der Waals surface area (Å²) in [6, 6.07) is 6.67. The Balaban J connectivity index is 1.34. The Bertz CT molecular complexity index is 599. The van der Waals surface area contributed by atoms with Crippen molar-refractivity contribution in [3.05, 3.63) is 47.3 Å². The van der Waals surface area contributed by atoms with Crippen LogP contribution in [-0.4, -0.2) is 31.0 Å². The van der Waals surface area contributed by atoms with Crippen LogP contribution in [0, 0.1) is 23.1 Å². The molecule has 3 nitrogen and oxygen atoms in total. The maximum atomic E-state index is 13.5. The first-order valence-electron chi connectivity index (χ1n) is 8.87. The van der Waals surface area contributed by atoms with Gasteiger partial charge in [-0.3, -0.25) is 0 Å². The van der Waals surface area contributed by atoms with E-state index < -0.39 is 6.10 Å². The van der Waals surface area contributed by atoms with Crippen molar-refractivity contribution in [1.82, 2.24) is 5.32 Å². The van der Waals surface area contributed by atoms with Crippen LogP contribution >= 0.6 is 0 Å². The minimum Gasteiger partial charge on any atom is -0.389 e. The lowest BCUT2D eigenvalue weighted by atomic mass is 9.49. The molecule has 0 heterocycles. The van der Waals surface area contributed by atoms with Crippen molar-refractivity contribution in [2.45, 2.75) is 39.3 Å². The molecule has 4 rings (SSSR count). The van der Waals surface area contributed by atoms with Gasteiger partial charge in [0.1, 0.15) is 5.82 Å². The molecule has 3 aliphatic rings. The maximum absolute atomic E-state index is 13.5. The first-order chi connectivity index (χ1) is 11.5. The summed E-state index contributed by atoms with van der Waals surface area (Å²) in [6.45, 7) is 6.42. The zero-order chi connectivity index (χ0) is 17.2. The van der Waals surface area contributed by atoms with Gasteiger partial charge in [-0.25, -0.2) is 4.39 Å². The Morgan fingerprint density at radius 2 is 2.17 bits per heavy atom. The van der Waals surface area contributed by atoms with E-state index >= 15 is 0 Å². The second-order valence-electron chi connectivity index (χ2n) is 7.71. The van der Waals surface area contributed by atoms with E-state index in [9.17, 15) is 9.50 Å². The number of hydrogen-bond donors (Lipinski definition) is 2. The molecule has 0 saturated heterocycles. The molecule has 0 amide bonds. The summed E-state index contributed by atoms with van der Waals surface area (Å²) in [4.78, 5) is 0. The molecule has 2 N–H and O–H groups in total. The van der Waals surface area contributed by atoms with Gasteiger partial charge in [-0.15, -0.1) is 0 Å². The van der Waals surface area contributed by atoms with Gasteiger partial charge in [-0.1, -0.05) is 38.1 Å². The van der Waals surface area contributed by atoms with Crippen molar-refractivity contribution in [3.8, 4) is 0 Å². The van der Waals surface area contributed by atoms with Crippen molar-refractivity contribution in [1.29, 1.82) is 0 Å². The van der Waals surface area contributed by atoms with E-state index in [4.69, 9.17) is 4.74 Å². The summed E-state index contributed by atoms with van der Waals surface area (Å²) in [5.74, 6) is 1.26. The number of nitrogens with one attached hydrogen (secondary N) is 1. The molecular formula is C20H28FNO2. The van der Waals surface area contributed by atoms with Crippen LogP contribution in [0.25, 0.3) is 0 Å². The predicted octanol–water partition coefficient (Wildman–Crippen LogP) is 3.29. The largest absolute Gasteiger partial charge is 0.389 e. The first kappa shape index (κ1) is 17.6. The third-order valence-corrected chi connectivity index (χ3v) is 5.81. The third-order valence-electron chi connectivity index (χ3n) is 5.81. The summed E-state index contributed by atoms with van der Waals surface area (Å²) < 4.78 is 19.2. The van der Waals surface area contributed by atoms with Crippen LogP contribution in [0.1, 0.15) is 32.3 Å². The second kappa shape index (κ2) is 7.34. The second-order valence-corrected chi connectivity index (χ2v) is 7.71. The minimum atomic E-state index is -0.580. The molecular weight excluding hydrogens is 305 g/mol. The lowest BCUT2D eigenvalue weighted by Crippen LogP contribution is -2.48. The summed E-state index contributed by atoms with van der Waals surface area (Å²) in [5, 5.41) is 13.1. The van der Waals surface area contributed by atoms with Crippen LogP contribution in [0.3, 0.4) is 0 Å². The van der Waals surface area contributed by atoms with Crippen LogP contribution in [-0.2, 0) is 11.3 Å². The van der Waals surface area contributed by atoms with Gasteiger partial charge in [-0.05, 0) is 41.7 Å². The van der Waals surface area contributed by atoms with Crippen LogP contribution < -0.4 is 5.32 Å². The topological polar surface area (TPSA) is 41.5 Å². The Hall–Kier alpha value is -1.23. The number of fused-ring (bicyclic) bond motifs is 1. The van der Waals surface area contributed by atoms with Crippen molar-refractivity contribution in [2.75, 3.05) is 19.8 Å². The zero-order valence-corrected chi connectivity index (χ0v) is 14.6. The fourth-order valence-electron chi connectivity index (χ4n) is 4.03. The zero-order valence-electron chi connectivity index (χ0n) is 14.6. The molecule has 0 spiro atoms. The van der Waals surface area contributed by atoms with E-state index in [1.807, 2.05) is 6.07 Å². The smallest absolute Gasteiger partial charge is 0.127 e. The highest BCUT2D eigenvalue weighted by molar-refractivity contribution is 5.23. The molecule has 1 aromatic rings. The summed E-state index contributed by atoms with van der Waals surface area (Å²) in [6.07, 6.45) is 4.19. The Kier molecular flexibility index (Phi) is 5.38. The molecule has 132 valence electrons. The lowest BCUT2D eigenvalue weighted by Gasteiger charge is -2.56. The molecule has 0 aromatic heterocycles. The Morgan fingerprint density at radius 1 is 1.38 bits per heavy atom. The molecule has 3 atom stereocenters. The molecule has 1 aromatic carbocycles. The maximum Gasteiger partial charge on any atom is 0.127 e. The van der Waals surface area contributed by atoms with Crippen molar-refractivity contribution in [3.63, 3.8) is 0 Å². The Labute approximate surface area is 143 Å². The van der Waals surface area contributed by atoms with E-state index in [1.54, 1.807) is 12.1 Å². The number of allylic oxidation sites excluding steroid dienone is 1. The number of aliphatic hydroxyl groups is 1. The third kappa shape index (κ3) is 3.71. The summed E-state index contributed by atoms with van der Waals surface area (Å²) in [7, 11) is 0. The molecule has 1 fully saturated rings. The number of aliphatic hydroxyl groups excluding tert-OH is 1. The fourth-order valence-corrected chi connectivity index (χ4v) is 4.03.